The summed E-state index contributed by atoms with van der Waals surface area (Å²) in [5.74, 6) is 1.83. The minimum atomic E-state index is -0.387. The molecule has 1 amide bonds. The van der Waals surface area contributed by atoms with E-state index >= 15 is 0 Å². The van der Waals surface area contributed by atoms with Crippen LogP contribution in [-0.2, 0) is 4.79 Å². The summed E-state index contributed by atoms with van der Waals surface area (Å²) in [4.78, 5) is 17.0. The van der Waals surface area contributed by atoms with Gasteiger partial charge in [-0.15, -0.1) is 0 Å². The molecule has 2 heterocycles. The van der Waals surface area contributed by atoms with Crippen LogP contribution in [0.3, 0.4) is 0 Å². The van der Waals surface area contributed by atoms with Crippen LogP contribution in [0.15, 0.2) is 93.8 Å². The first kappa shape index (κ1) is 25.4. The topological polar surface area (TPSA) is 80.3 Å². The molecule has 0 radical (unpaired) electrons. The van der Waals surface area contributed by atoms with Crippen molar-refractivity contribution in [1.29, 1.82) is 0 Å². The molecule has 0 unspecified atom stereocenters. The van der Waals surface area contributed by atoms with Crippen molar-refractivity contribution in [1.82, 2.24) is 10.3 Å². The van der Waals surface area contributed by atoms with Crippen LogP contribution in [0.5, 0.6) is 0 Å². The van der Waals surface area contributed by atoms with E-state index in [1.807, 2.05) is 48.5 Å². The molecule has 5 aromatic rings. The fourth-order valence-electron chi connectivity index (χ4n) is 3.82. The summed E-state index contributed by atoms with van der Waals surface area (Å²) in [6.07, 6.45) is 2.93. The Morgan fingerprint density at radius 3 is 2.42 bits per heavy atom. The van der Waals surface area contributed by atoms with Crippen LogP contribution in [0.25, 0.3) is 40.0 Å². The van der Waals surface area contributed by atoms with Gasteiger partial charge in [-0.3, -0.25) is 10.1 Å². The average Bonchev–Trinajstić information content (AvgIpc) is 3.55. The molecule has 8 heteroatoms. The van der Waals surface area contributed by atoms with E-state index in [1.165, 1.54) is 11.6 Å². The van der Waals surface area contributed by atoms with Crippen molar-refractivity contribution >= 4 is 57.7 Å². The summed E-state index contributed by atoms with van der Waals surface area (Å²) in [5.41, 5.74) is 5.08. The second-order valence-corrected chi connectivity index (χ2v) is 9.81. The lowest BCUT2D eigenvalue weighted by atomic mass is 10.0. The zero-order chi connectivity index (χ0) is 26.6. The number of anilines is 1. The number of carbonyl (C=O) groups is 1. The number of rotatable bonds is 6. The highest BCUT2D eigenvalue weighted by Crippen LogP contribution is 2.28. The third-order valence-corrected chi connectivity index (χ3v) is 6.32. The van der Waals surface area contributed by atoms with Gasteiger partial charge in [0.2, 0.25) is 11.8 Å². The number of nitrogens with zero attached hydrogens (tertiary/aromatic N) is 1. The van der Waals surface area contributed by atoms with Gasteiger partial charge in [-0.1, -0.05) is 37.6 Å². The summed E-state index contributed by atoms with van der Waals surface area (Å²) in [6.45, 7) is 4.31. The van der Waals surface area contributed by atoms with Gasteiger partial charge < -0.3 is 14.2 Å². The van der Waals surface area contributed by atoms with Gasteiger partial charge in [0, 0.05) is 27.9 Å². The summed E-state index contributed by atoms with van der Waals surface area (Å²) in [6, 6.07) is 24.6. The van der Waals surface area contributed by atoms with Crippen LogP contribution >= 0.6 is 23.8 Å². The number of benzene rings is 3. The smallest absolute Gasteiger partial charge is 0.250 e. The molecule has 0 fully saturated rings. The largest absolute Gasteiger partial charge is 0.457 e. The van der Waals surface area contributed by atoms with E-state index in [2.05, 4.69) is 41.6 Å². The number of nitrogens with one attached hydrogen (secondary N) is 2. The molecule has 3 aromatic carbocycles. The van der Waals surface area contributed by atoms with Gasteiger partial charge in [0.05, 0.1) is 0 Å². The second kappa shape index (κ2) is 11.0. The van der Waals surface area contributed by atoms with Gasteiger partial charge in [-0.25, -0.2) is 4.98 Å². The Balaban J connectivity index is 1.19. The van der Waals surface area contributed by atoms with Crippen molar-refractivity contribution in [3.05, 3.63) is 101 Å². The van der Waals surface area contributed by atoms with Crippen molar-refractivity contribution in [2.45, 2.75) is 19.8 Å². The molecule has 38 heavy (non-hydrogen) atoms. The highest BCUT2D eigenvalue weighted by atomic mass is 35.5. The molecule has 190 valence electrons. The Bertz CT molecular complexity index is 1630. The van der Waals surface area contributed by atoms with Crippen molar-refractivity contribution in [3.63, 3.8) is 0 Å². The first-order valence-electron chi connectivity index (χ1n) is 12.0. The summed E-state index contributed by atoms with van der Waals surface area (Å²) < 4.78 is 11.7. The number of carbonyl (C=O) groups excluding carboxylic acids is 1. The van der Waals surface area contributed by atoms with Crippen LogP contribution < -0.4 is 10.6 Å². The lowest BCUT2D eigenvalue weighted by molar-refractivity contribution is -0.115. The van der Waals surface area contributed by atoms with Gasteiger partial charge in [0.15, 0.2) is 10.7 Å². The Kier molecular flexibility index (Phi) is 7.40. The van der Waals surface area contributed by atoms with Crippen LogP contribution in [-0.4, -0.2) is 16.0 Å². The first-order valence-corrected chi connectivity index (χ1v) is 12.8. The molecule has 2 N–H and O–H groups in total. The van der Waals surface area contributed by atoms with Crippen molar-refractivity contribution in [2.24, 2.45) is 0 Å². The third kappa shape index (κ3) is 6.02. The van der Waals surface area contributed by atoms with Gasteiger partial charge in [0.25, 0.3) is 0 Å². The number of furan rings is 1. The normalized spacial score (nSPS) is 11.4. The first-order chi connectivity index (χ1) is 18.3. The number of hydrogen-bond donors (Lipinski definition) is 2. The fraction of sp³-hybridized carbons (Fsp3) is 0.100. The zero-order valence-electron chi connectivity index (χ0n) is 20.7. The summed E-state index contributed by atoms with van der Waals surface area (Å²) in [7, 11) is 0. The van der Waals surface area contributed by atoms with E-state index in [0.717, 1.165) is 11.1 Å². The fourth-order valence-corrected chi connectivity index (χ4v) is 4.17. The van der Waals surface area contributed by atoms with E-state index in [4.69, 9.17) is 32.7 Å². The molecule has 0 aliphatic heterocycles. The molecule has 0 atom stereocenters. The van der Waals surface area contributed by atoms with E-state index in [9.17, 15) is 4.79 Å². The highest BCUT2D eigenvalue weighted by Gasteiger charge is 2.11. The van der Waals surface area contributed by atoms with Gasteiger partial charge in [-0.2, -0.15) is 0 Å². The van der Waals surface area contributed by atoms with Crippen LogP contribution in [0.1, 0.15) is 31.1 Å². The summed E-state index contributed by atoms with van der Waals surface area (Å²) in [5, 5.41) is 6.46. The molecule has 0 aliphatic carbocycles. The number of thiocarbonyl (C=S) groups is 1. The maximum absolute atomic E-state index is 12.4. The lowest BCUT2D eigenvalue weighted by Crippen LogP contribution is -2.32. The molecular weight excluding hydrogens is 518 g/mol. The number of hydrogen-bond acceptors (Lipinski definition) is 5. The molecule has 6 nitrogen and oxygen atoms in total. The SMILES string of the molecule is CC(C)c1ccc(-c2nc3cc(NC(=S)NC(=O)C=Cc4ccc(-c5ccc(Cl)cc5)o4)ccc3o2)cc1. The van der Waals surface area contributed by atoms with E-state index in [1.54, 1.807) is 24.3 Å². The predicted molar refractivity (Wildman–Crippen MR) is 156 cm³/mol. The molecular formula is C30H24ClN3O3S. The number of aromatic nitrogens is 1. The number of fused-ring (bicyclic) bond motifs is 1. The quantitative estimate of drug-likeness (QED) is 0.167. The third-order valence-electron chi connectivity index (χ3n) is 5.86. The minimum absolute atomic E-state index is 0.160. The highest BCUT2D eigenvalue weighted by molar-refractivity contribution is 7.80. The van der Waals surface area contributed by atoms with Crippen LogP contribution in [0.4, 0.5) is 5.69 Å². The zero-order valence-corrected chi connectivity index (χ0v) is 22.3. The molecule has 0 saturated heterocycles. The predicted octanol–water partition coefficient (Wildman–Crippen LogP) is 8.06. The molecule has 2 aromatic heterocycles. The monoisotopic (exact) mass is 541 g/mol. The number of amides is 1. The molecule has 0 spiro atoms. The number of oxazole rings is 1. The molecule has 0 aliphatic rings. The average molecular weight is 542 g/mol. The van der Waals surface area contributed by atoms with E-state index in [0.29, 0.717) is 45.1 Å². The maximum atomic E-state index is 12.4. The van der Waals surface area contributed by atoms with E-state index in [-0.39, 0.29) is 11.0 Å². The summed E-state index contributed by atoms with van der Waals surface area (Å²) >= 11 is 11.2. The molecule has 5 rings (SSSR count). The second-order valence-electron chi connectivity index (χ2n) is 8.96. The van der Waals surface area contributed by atoms with Crippen molar-refractivity contribution in [3.8, 4) is 22.8 Å². The van der Waals surface area contributed by atoms with Crippen LogP contribution in [0.2, 0.25) is 5.02 Å². The Morgan fingerprint density at radius 1 is 0.947 bits per heavy atom. The maximum Gasteiger partial charge on any atom is 0.250 e. The van der Waals surface area contributed by atoms with E-state index < -0.39 is 0 Å². The lowest BCUT2D eigenvalue weighted by Gasteiger charge is -2.07. The van der Waals surface area contributed by atoms with Gasteiger partial charge in [0.1, 0.15) is 17.0 Å². The van der Waals surface area contributed by atoms with Crippen molar-refractivity contribution < 1.29 is 13.6 Å². The Labute approximate surface area is 230 Å². The Morgan fingerprint density at radius 2 is 1.68 bits per heavy atom. The van der Waals surface area contributed by atoms with Crippen molar-refractivity contribution in [2.75, 3.05) is 5.32 Å². The number of halogens is 1. The van der Waals surface area contributed by atoms with Gasteiger partial charge in [-0.05, 0) is 96.5 Å². The molecule has 0 bridgehead atoms. The Hall–Kier alpha value is -4.20. The molecule has 0 saturated carbocycles. The minimum Gasteiger partial charge on any atom is -0.457 e. The van der Waals surface area contributed by atoms with Crippen LogP contribution in [0, 0.1) is 0 Å². The van der Waals surface area contributed by atoms with Gasteiger partial charge >= 0.3 is 0 Å². The standard InChI is InChI=1S/C30H24ClN3O3S/c1-18(2)19-3-5-21(6-4-19)29-33-25-17-23(11-14-27(25)37-29)32-30(38)34-28(35)16-13-24-12-15-26(36-24)20-7-9-22(31)10-8-20/h3-18H,1-2H3,(H2,32,34,35,38).